The molecule has 1 atom stereocenters. The third kappa shape index (κ3) is 2.76. The summed E-state index contributed by atoms with van der Waals surface area (Å²) in [6.07, 6.45) is -0.425. The van der Waals surface area contributed by atoms with E-state index in [0.29, 0.717) is 5.75 Å². The van der Waals surface area contributed by atoms with Gasteiger partial charge in [-0.25, -0.2) is 9.69 Å². The van der Waals surface area contributed by atoms with Crippen molar-refractivity contribution in [2.75, 3.05) is 13.7 Å². The molecule has 1 heterocycles. The maximum atomic E-state index is 12.4. The summed E-state index contributed by atoms with van der Waals surface area (Å²) in [5, 5.41) is 0. The van der Waals surface area contributed by atoms with E-state index in [1.807, 2.05) is 32.0 Å². The van der Waals surface area contributed by atoms with Crippen molar-refractivity contribution in [3.63, 3.8) is 0 Å². The number of methoxy groups -OCH3 is 1. The van der Waals surface area contributed by atoms with Crippen molar-refractivity contribution in [3.05, 3.63) is 29.8 Å². The number of para-hydroxylation sites is 1. The predicted octanol–water partition coefficient (Wildman–Crippen LogP) is 2.24. The average molecular weight is 277 g/mol. The minimum absolute atomic E-state index is 0.127. The normalized spacial score (nSPS) is 18.3. The minimum atomic E-state index is -0.552. The number of amides is 2. The molecule has 1 aliphatic heterocycles. The number of rotatable bonds is 4. The quantitative estimate of drug-likeness (QED) is 0.847. The Hall–Kier alpha value is -2.04. The fraction of sp³-hybridized carbons (Fsp3) is 0.467. The van der Waals surface area contributed by atoms with E-state index in [9.17, 15) is 9.59 Å². The lowest BCUT2D eigenvalue weighted by molar-refractivity contribution is -0.129. The first kappa shape index (κ1) is 14.4. The largest absolute Gasteiger partial charge is 0.496 e. The Balaban J connectivity index is 2.16. The molecule has 5 heteroatoms. The van der Waals surface area contributed by atoms with Crippen molar-refractivity contribution in [2.45, 2.75) is 26.3 Å². The molecule has 1 fully saturated rings. The molecule has 20 heavy (non-hydrogen) atoms. The molecule has 0 saturated carbocycles. The van der Waals surface area contributed by atoms with Gasteiger partial charge in [0.15, 0.2) is 0 Å². The zero-order valence-corrected chi connectivity index (χ0v) is 12.0. The highest BCUT2D eigenvalue weighted by Gasteiger charge is 2.39. The van der Waals surface area contributed by atoms with Crippen LogP contribution < -0.4 is 4.74 Å². The van der Waals surface area contributed by atoms with Gasteiger partial charge in [-0.15, -0.1) is 0 Å². The van der Waals surface area contributed by atoms with Crippen LogP contribution in [0.3, 0.4) is 0 Å². The fourth-order valence-electron chi connectivity index (χ4n) is 2.31. The lowest BCUT2D eigenvalue weighted by atomic mass is 10.0. The van der Waals surface area contributed by atoms with Gasteiger partial charge >= 0.3 is 6.09 Å². The number of carbonyl (C=O) groups excluding carboxylic acids is 2. The standard InChI is InChI=1S/C15H19NO4/c1-10(2)12-9-20-15(18)16(12)14(17)8-11-6-4-5-7-13(11)19-3/h4-7,10,12H,8-9H2,1-3H3/t12-/m0/s1. The van der Waals surface area contributed by atoms with Gasteiger partial charge in [0.2, 0.25) is 5.91 Å². The Bertz CT molecular complexity index is 512. The molecule has 5 nitrogen and oxygen atoms in total. The van der Waals surface area contributed by atoms with Gasteiger partial charge in [-0.05, 0) is 12.0 Å². The number of benzene rings is 1. The monoisotopic (exact) mass is 277 g/mol. The number of hydrogen-bond donors (Lipinski definition) is 0. The van der Waals surface area contributed by atoms with Crippen LogP contribution in [0.1, 0.15) is 19.4 Å². The maximum Gasteiger partial charge on any atom is 0.416 e. The predicted molar refractivity (Wildman–Crippen MR) is 73.5 cm³/mol. The van der Waals surface area contributed by atoms with E-state index in [1.165, 1.54) is 4.90 Å². The lowest BCUT2D eigenvalue weighted by Gasteiger charge is -2.22. The van der Waals surface area contributed by atoms with E-state index >= 15 is 0 Å². The van der Waals surface area contributed by atoms with Crippen molar-refractivity contribution in [3.8, 4) is 5.75 Å². The van der Waals surface area contributed by atoms with Crippen molar-refractivity contribution in [1.29, 1.82) is 0 Å². The summed E-state index contributed by atoms with van der Waals surface area (Å²) in [4.78, 5) is 25.3. The Morgan fingerprint density at radius 1 is 1.45 bits per heavy atom. The van der Waals surface area contributed by atoms with Crippen LogP contribution in [0.15, 0.2) is 24.3 Å². The van der Waals surface area contributed by atoms with Crippen LogP contribution >= 0.6 is 0 Å². The third-order valence-corrected chi connectivity index (χ3v) is 3.48. The van der Waals surface area contributed by atoms with Gasteiger partial charge in [-0.2, -0.15) is 0 Å². The molecule has 0 N–H and O–H groups in total. The Morgan fingerprint density at radius 3 is 2.80 bits per heavy atom. The number of cyclic esters (lactones) is 1. The number of imide groups is 1. The third-order valence-electron chi connectivity index (χ3n) is 3.48. The van der Waals surface area contributed by atoms with Crippen molar-refractivity contribution in [2.24, 2.45) is 5.92 Å². The van der Waals surface area contributed by atoms with E-state index < -0.39 is 6.09 Å². The highest BCUT2D eigenvalue weighted by molar-refractivity contribution is 5.94. The number of ether oxygens (including phenoxy) is 2. The van der Waals surface area contributed by atoms with Crippen LogP contribution in [-0.2, 0) is 16.0 Å². The number of nitrogens with zero attached hydrogens (tertiary/aromatic N) is 1. The molecule has 0 aromatic heterocycles. The highest BCUT2D eigenvalue weighted by Crippen LogP contribution is 2.23. The smallest absolute Gasteiger partial charge is 0.416 e. The molecule has 1 aliphatic rings. The lowest BCUT2D eigenvalue weighted by Crippen LogP contribution is -2.42. The summed E-state index contributed by atoms with van der Waals surface area (Å²) in [5.41, 5.74) is 0.766. The van der Waals surface area contributed by atoms with Gasteiger partial charge in [-0.3, -0.25) is 4.79 Å². The summed E-state index contributed by atoms with van der Waals surface area (Å²) >= 11 is 0. The first-order chi connectivity index (χ1) is 9.54. The molecule has 1 aromatic carbocycles. The molecule has 0 bridgehead atoms. The van der Waals surface area contributed by atoms with Crippen LogP contribution in [0.25, 0.3) is 0 Å². The molecular formula is C15H19NO4. The van der Waals surface area contributed by atoms with Crippen LogP contribution in [0.5, 0.6) is 5.75 Å². The number of hydrogen-bond acceptors (Lipinski definition) is 4. The van der Waals surface area contributed by atoms with Gasteiger partial charge in [0.1, 0.15) is 12.4 Å². The van der Waals surface area contributed by atoms with Crippen LogP contribution in [0, 0.1) is 5.92 Å². The summed E-state index contributed by atoms with van der Waals surface area (Å²) in [6, 6.07) is 7.11. The first-order valence-corrected chi connectivity index (χ1v) is 6.65. The molecule has 2 rings (SSSR count). The van der Waals surface area contributed by atoms with Gasteiger partial charge in [0.05, 0.1) is 19.6 Å². The van der Waals surface area contributed by atoms with Gasteiger partial charge in [0.25, 0.3) is 0 Å². The van der Waals surface area contributed by atoms with E-state index in [-0.39, 0.29) is 30.9 Å². The summed E-state index contributed by atoms with van der Waals surface area (Å²) in [5.74, 6) is 0.563. The number of carbonyl (C=O) groups is 2. The van der Waals surface area contributed by atoms with Crippen LogP contribution in [0.4, 0.5) is 4.79 Å². The second kappa shape index (κ2) is 5.94. The Kier molecular flexibility index (Phi) is 4.27. The van der Waals surface area contributed by atoms with Crippen LogP contribution in [0.2, 0.25) is 0 Å². The van der Waals surface area contributed by atoms with Crippen LogP contribution in [-0.4, -0.2) is 36.7 Å². The molecule has 0 unspecified atom stereocenters. The zero-order valence-electron chi connectivity index (χ0n) is 12.0. The second-order valence-electron chi connectivity index (χ2n) is 5.14. The first-order valence-electron chi connectivity index (χ1n) is 6.65. The highest BCUT2D eigenvalue weighted by atomic mass is 16.6. The minimum Gasteiger partial charge on any atom is -0.496 e. The molecule has 1 saturated heterocycles. The topological polar surface area (TPSA) is 55.8 Å². The summed E-state index contributed by atoms with van der Waals surface area (Å²) in [6.45, 7) is 4.21. The van der Waals surface area contributed by atoms with E-state index in [0.717, 1.165) is 5.56 Å². The van der Waals surface area contributed by atoms with Crippen molar-refractivity contribution >= 4 is 12.0 Å². The van der Waals surface area contributed by atoms with E-state index in [4.69, 9.17) is 9.47 Å². The maximum absolute atomic E-state index is 12.4. The zero-order chi connectivity index (χ0) is 14.7. The van der Waals surface area contributed by atoms with Gasteiger partial charge in [-0.1, -0.05) is 32.0 Å². The van der Waals surface area contributed by atoms with Crippen molar-refractivity contribution in [1.82, 2.24) is 4.90 Å². The van der Waals surface area contributed by atoms with Gasteiger partial charge in [0, 0.05) is 5.56 Å². The SMILES string of the molecule is COc1ccccc1CC(=O)N1C(=O)OC[C@H]1C(C)C. The molecular weight excluding hydrogens is 258 g/mol. The average Bonchev–Trinajstić information content (AvgIpc) is 2.81. The molecule has 0 spiro atoms. The molecule has 0 aliphatic carbocycles. The van der Waals surface area contributed by atoms with Crippen molar-refractivity contribution < 1.29 is 19.1 Å². The molecule has 2 amide bonds. The van der Waals surface area contributed by atoms with E-state index in [2.05, 4.69) is 0 Å². The molecule has 108 valence electrons. The summed E-state index contributed by atoms with van der Waals surface area (Å²) in [7, 11) is 1.56. The van der Waals surface area contributed by atoms with Gasteiger partial charge < -0.3 is 9.47 Å². The Morgan fingerprint density at radius 2 is 2.15 bits per heavy atom. The van der Waals surface area contributed by atoms with E-state index in [1.54, 1.807) is 13.2 Å². The Labute approximate surface area is 118 Å². The fourth-order valence-corrected chi connectivity index (χ4v) is 2.31. The second-order valence-corrected chi connectivity index (χ2v) is 5.14. The molecule has 1 aromatic rings. The molecule has 0 radical (unpaired) electrons. The summed E-state index contributed by atoms with van der Waals surface area (Å²) < 4.78 is 10.2.